The summed E-state index contributed by atoms with van der Waals surface area (Å²) in [7, 11) is 0. The van der Waals surface area contributed by atoms with Gasteiger partial charge in [-0.15, -0.1) is 11.6 Å². The van der Waals surface area contributed by atoms with E-state index in [1.54, 1.807) is 6.07 Å². The van der Waals surface area contributed by atoms with Gasteiger partial charge in [-0.05, 0) is 29.3 Å². The molecule has 1 amide bonds. The molecule has 0 bridgehead atoms. The number of carbonyl (C=O) groups is 1. The maximum atomic E-state index is 13.5. The first-order valence-electron chi connectivity index (χ1n) is 5.97. The summed E-state index contributed by atoms with van der Waals surface area (Å²) in [5.74, 6) is -0.524. The predicted octanol–water partition coefficient (Wildman–Crippen LogP) is 4.26. The first-order valence-corrected chi connectivity index (χ1v) is 7.30. The molecule has 1 N–H and O–H groups in total. The molecule has 2 aromatic rings. The summed E-state index contributed by atoms with van der Waals surface area (Å²) in [5, 5.41) is 2.69. The van der Waals surface area contributed by atoms with Crippen molar-refractivity contribution in [3.05, 3.63) is 69.4 Å². The standard InChI is InChI=1S/C15H12BrClFNO/c16-12-5-6-14(18)13(7-12)15(20)19-9-11-3-1-10(8-17)2-4-11/h1-7H,8-9H2,(H,19,20). The number of benzene rings is 2. The van der Waals surface area contributed by atoms with Crippen LogP contribution >= 0.6 is 27.5 Å². The highest BCUT2D eigenvalue weighted by Gasteiger charge is 2.11. The van der Waals surface area contributed by atoms with E-state index in [2.05, 4.69) is 21.2 Å². The second-order valence-electron chi connectivity index (χ2n) is 4.26. The molecule has 0 spiro atoms. The van der Waals surface area contributed by atoms with Crippen LogP contribution in [0.5, 0.6) is 0 Å². The monoisotopic (exact) mass is 355 g/mol. The Morgan fingerprint density at radius 2 is 1.80 bits per heavy atom. The lowest BCUT2D eigenvalue weighted by Gasteiger charge is -2.07. The topological polar surface area (TPSA) is 29.1 Å². The van der Waals surface area contributed by atoms with Gasteiger partial charge in [0.2, 0.25) is 0 Å². The van der Waals surface area contributed by atoms with Crippen LogP contribution in [-0.2, 0) is 12.4 Å². The Bertz CT molecular complexity index is 616. The lowest BCUT2D eigenvalue weighted by molar-refractivity contribution is 0.0947. The van der Waals surface area contributed by atoms with Crippen molar-refractivity contribution in [2.75, 3.05) is 0 Å². The fraction of sp³-hybridized carbons (Fsp3) is 0.133. The van der Waals surface area contributed by atoms with Gasteiger partial charge in [-0.25, -0.2) is 4.39 Å². The number of hydrogen-bond acceptors (Lipinski definition) is 1. The molecule has 0 saturated carbocycles. The number of nitrogens with one attached hydrogen (secondary N) is 1. The zero-order valence-electron chi connectivity index (χ0n) is 10.5. The minimum absolute atomic E-state index is 0.0248. The van der Waals surface area contributed by atoms with Gasteiger partial charge >= 0.3 is 0 Å². The van der Waals surface area contributed by atoms with Crippen LogP contribution < -0.4 is 5.32 Å². The highest BCUT2D eigenvalue weighted by atomic mass is 79.9. The van der Waals surface area contributed by atoms with Gasteiger partial charge in [-0.3, -0.25) is 4.79 Å². The van der Waals surface area contributed by atoms with Gasteiger partial charge in [0.15, 0.2) is 0 Å². The summed E-state index contributed by atoms with van der Waals surface area (Å²) < 4.78 is 14.2. The number of carbonyl (C=O) groups excluding carboxylic acids is 1. The summed E-state index contributed by atoms with van der Waals surface area (Å²) in [6.45, 7) is 0.341. The summed E-state index contributed by atoms with van der Waals surface area (Å²) >= 11 is 8.92. The fourth-order valence-corrected chi connectivity index (χ4v) is 2.23. The normalized spacial score (nSPS) is 10.3. The van der Waals surface area contributed by atoms with Crippen molar-refractivity contribution in [1.29, 1.82) is 0 Å². The smallest absolute Gasteiger partial charge is 0.254 e. The molecule has 0 aliphatic heterocycles. The molecule has 0 heterocycles. The molecule has 0 radical (unpaired) electrons. The van der Waals surface area contributed by atoms with Gasteiger partial charge in [0.1, 0.15) is 5.82 Å². The summed E-state index contributed by atoms with van der Waals surface area (Å²) in [5.41, 5.74) is 1.97. The van der Waals surface area contributed by atoms with E-state index in [0.29, 0.717) is 16.9 Å². The quantitative estimate of drug-likeness (QED) is 0.815. The van der Waals surface area contributed by atoms with Gasteiger partial charge in [0.05, 0.1) is 5.56 Å². The number of amides is 1. The molecule has 0 aliphatic rings. The Balaban J connectivity index is 2.02. The molecule has 2 nitrogen and oxygen atoms in total. The van der Waals surface area contributed by atoms with E-state index < -0.39 is 11.7 Å². The number of halogens is 3. The lowest BCUT2D eigenvalue weighted by Crippen LogP contribution is -2.23. The SMILES string of the molecule is O=C(NCc1ccc(CCl)cc1)c1cc(Br)ccc1F. The predicted molar refractivity (Wildman–Crippen MR) is 81.3 cm³/mol. The second kappa shape index (κ2) is 6.86. The summed E-state index contributed by atoms with van der Waals surface area (Å²) in [6, 6.07) is 11.8. The number of rotatable bonds is 4. The van der Waals surface area contributed by atoms with Crippen molar-refractivity contribution in [3.8, 4) is 0 Å². The maximum Gasteiger partial charge on any atom is 0.254 e. The average Bonchev–Trinajstić information content (AvgIpc) is 2.47. The minimum atomic E-state index is -0.539. The van der Waals surface area contributed by atoms with Crippen LogP contribution in [0.2, 0.25) is 0 Å². The molecule has 0 atom stereocenters. The molecule has 5 heteroatoms. The Kier molecular flexibility index (Phi) is 5.15. The third kappa shape index (κ3) is 3.81. The molecule has 104 valence electrons. The highest BCUT2D eigenvalue weighted by Crippen LogP contribution is 2.15. The maximum absolute atomic E-state index is 13.5. The van der Waals surface area contributed by atoms with Crippen molar-refractivity contribution >= 4 is 33.4 Å². The van der Waals surface area contributed by atoms with Crippen molar-refractivity contribution in [2.24, 2.45) is 0 Å². The van der Waals surface area contributed by atoms with Crippen LogP contribution in [0.15, 0.2) is 46.9 Å². The van der Waals surface area contributed by atoms with Crippen LogP contribution in [0.3, 0.4) is 0 Å². The lowest BCUT2D eigenvalue weighted by atomic mass is 10.1. The third-order valence-electron chi connectivity index (χ3n) is 2.80. The van der Waals surface area contributed by atoms with Crippen molar-refractivity contribution in [2.45, 2.75) is 12.4 Å². The van der Waals surface area contributed by atoms with Crippen molar-refractivity contribution in [1.82, 2.24) is 5.32 Å². The average molecular weight is 357 g/mol. The van der Waals surface area contributed by atoms with E-state index in [1.165, 1.54) is 12.1 Å². The molecule has 0 saturated heterocycles. The van der Waals surface area contributed by atoms with Gasteiger partial charge in [0.25, 0.3) is 5.91 Å². The van der Waals surface area contributed by atoms with E-state index in [9.17, 15) is 9.18 Å². The molecule has 0 aliphatic carbocycles. The van der Waals surface area contributed by atoms with Crippen LogP contribution in [0.1, 0.15) is 21.5 Å². The van der Waals surface area contributed by atoms with Crippen LogP contribution in [0, 0.1) is 5.82 Å². The molecule has 2 aromatic carbocycles. The van der Waals surface area contributed by atoms with Crippen molar-refractivity contribution < 1.29 is 9.18 Å². The van der Waals surface area contributed by atoms with Crippen molar-refractivity contribution in [3.63, 3.8) is 0 Å². The van der Waals surface area contributed by atoms with E-state index in [0.717, 1.165) is 11.1 Å². The first-order chi connectivity index (χ1) is 9.60. The zero-order valence-corrected chi connectivity index (χ0v) is 12.8. The van der Waals surface area contributed by atoms with Crippen LogP contribution in [0.25, 0.3) is 0 Å². The first kappa shape index (κ1) is 15.0. The largest absolute Gasteiger partial charge is 0.348 e. The van der Waals surface area contributed by atoms with E-state index >= 15 is 0 Å². The van der Waals surface area contributed by atoms with Gasteiger partial charge < -0.3 is 5.32 Å². The Morgan fingerprint density at radius 3 is 2.45 bits per heavy atom. The van der Waals surface area contributed by atoms with E-state index in [4.69, 9.17) is 11.6 Å². The second-order valence-corrected chi connectivity index (χ2v) is 5.44. The van der Waals surface area contributed by atoms with Gasteiger partial charge in [0, 0.05) is 16.9 Å². The molecule has 20 heavy (non-hydrogen) atoms. The van der Waals surface area contributed by atoms with E-state index in [1.807, 2.05) is 24.3 Å². The zero-order chi connectivity index (χ0) is 14.5. The Labute approximate surface area is 130 Å². The molecule has 0 aromatic heterocycles. The molecular formula is C15H12BrClFNO. The highest BCUT2D eigenvalue weighted by molar-refractivity contribution is 9.10. The number of alkyl halides is 1. The van der Waals surface area contributed by atoms with Crippen LogP contribution in [0.4, 0.5) is 4.39 Å². The minimum Gasteiger partial charge on any atom is -0.348 e. The van der Waals surface area contributed by atoms with Gasteiger partial charge in [-0.2, -0.15) is 0 Å². The Hall–Kier alpha value is -1.39. The third-order valence-corrected chi connectivity index (χ3v) is 3.61. The molecule has 0 unspecified atom stereocenters. The Morgan fingerprint density at radius 1 is 1.15 bits per heavy atom. The van der Waals surface area contributed by atoms with E-state index in [-0.39, 0.29) is 5.56 Å². The molecule has 0 fully saturated rings. The van der Waals surface area contributed by atoms with Crippen LogP contribution in [-0.4, -0.2) is 5.91 Å². The summed E-state index contributed by atoms with van der Waals surface area (Å²) in [4.78, 5) is 11.9. The fourth-order valence-electron chi connectivity index (χ4n) is 1.70. The van der Waals surface area contributed by atoms with Gasteiger partial charge in [-0.1, -0.05) is 40.2 Å². The molecular weight excluding hydrogens is 345 g/mol. The summed E-state index contributed by atoms with van der Waals surface area (Å²) in [6.07, 6.45) is 0. The molecule has 2 rings (SSSR count). The number of hydrogen-bond donors (Lipinski definition) is 1.